The molecule has 0 saturated heterocycles. The van der Waals surface area contributed by atoms with E-state index in [-0.39, 0.29) is 34.4 Å². The molecule has 2 aromatic carbocycles. The highest BCUT2D eigenvalue weighted by molar-refractivity contribution is 7.92. The smallest absolute Gasteiger partial charge is 0.349 e. The Kier molecular flexibility index (Phi) is 6.43. The number of carbonyl (C=O) groups excluding carboxylic acids is 1. The molecular weight excluding hydrogens is 446 g/mol. The average Bonchev–Trinajstić information content (AvgIpc) is 2.70. The van der Waals surface area contributed by atoms with E-state index in [1.807, 2.05) is 0 Å². The van der Waals surface area contributed by atoms with Crippen molar-refractivity contribution in [2.75, 3.05) is 0 Å². The summed E-state index contributed by atoms with van der Waals surface area (Å²) in [6.07, 6.45) is -3.57. The highest BCUT2D eigenvalue weighted by Crippen LogP contribution is 2.33. The number of benzene rings is 2. The van der Waals surface area contributed by atoms with Crippen LogP contribution in [0.5, 0.6) is 0 Å². The maximum absolute atomic E-state index is 13.5. The molecule has 1 saturated carbocycles. The van der Waals surface area contributed by atoms with Crippen LogP contribution in [0.3, 0.4) is 0 Å². The van der Waals surface area contributed by atoms with Gasteiger partial charge in [-0.3, -0.25) is 4.79 Å². The first kappa shape index (κ1) is 22.6. The molecule has 162 valence electrons. The van der Waals surface area contributed by atoms with Crippen LogP contribution in [0.2, 0.25) is 5.02 Å². The molecule has 1 N–H and O–H groups in total. The van der Waals surface area contributed by atoms with Crippen molar-refractivity contribution in [1.82, 2.24) is 5.32 Å². The number of sulfone groups is 1. The van der Waals surface area contributed by atoms with Gasteiger partial charge in [-0.1, -0.05) is 17.7 Å². The van der Waals surface area contributed by atoms with Crippen molar-refractivity contribution in [3.63, 3.8) is 0 Å². The van der Waals surface area contributed by atoms with E-state index in [4.69, 9.17) is 11.6 Å². The first-order chi connectivity index (χ1) is 14.0. The van der Waals surface area contributed by atoms with Gasteiger partial charge in [-0.05, 0) is 62.1 Å². The van der Waals surface area contributed by atoms with E-state index in [1.165, 1.54) is 12.1 Å². The van der Waals surface area contributed by atoms with E-state index in [1.54, 1.807) is 0 Å². The molecule has 0 heterocycles. The van der Waals surface area contributed by atoms with Gasteiger partial charge in [-0.15, -0.1) is 0 Å². The van der Waals surface area contributed by atoms with E-state index in [0.717, 1.165) is 24.3 Å². The summed E-state index contributed by atoms with van der Waals surface area (Å²) >= 11 is 5.60. The molecule has 1 fully saturated rings. The normalized spacial score (nSPS) is 20.0. The molecule has 2 aromatic rings. The van der Waals surface area contributed by atoms with E-state index in [9.17, 15) is 30.8 Å². The molecule has 1 aliphatic carbocycles. The van der Waals surface area contributed by atoms with E-state index < -0.39 is 38.6 Å². The molecule has 1 amide bonds. The largest absolute Gasteiger partial charge is 0.416 e. The molecule has 0 radical (unpaired) electrons. The summed E-state index contributed by atoms with van der Waals surface area (Å²) < 4.78 is 77.7. The van der Waals surface area contributed by atoms with Crippen molar-refractivity contribution in [2.45, 2.75) is 48.0 Å². The third-order valence-electron chi connectivity index (χ3n) is 5.12. The monoisotopic (exact) mass is 463 g/mol. The Hall–Kier alpha value is -2.13. The summed E-state index contributed by atoms with van der Waals surface area (Å²) in [5, 5.41) is 1.79. The van der Waals surface area contributed by atoms with Gasteiger partial charge >= 0.3 is 6.18 Å². The third kappa shape index (κ3) is 4.95. The molecule has 30 heavy (non-hydrogen) atoms. The Morgan fingerprint density at radius 1 is 1.03 bits per heavy atom. The van der Waals surface area contributed by atoms with Crippen LogP contribution in [0.1, 0.15) is 41.6 Å². The maximum atomic E-state index is 13.5. The number of rotatable bonds is 4. The molecule has 10 heteroatoms. The molecule has 0 aliphatic heterocycles. The zero-order chi connectivity index (χ0) is 22.1. The first-order valence-corrected chi connectivity index (χ1v) is 11.1. The Balaban J connectivity index is 1.65. The van der Waals surface area contributed by atoms with Crippen LogP contribution in [-0.2, 0) is 16.0 Å². The van der Waals surface area contributed by atoms with Crippen molar-refractivity contribution in [3.05, 3.63) is 64.4 Å². The molecule has 0 unspecified atom stereocenters. The molecule has 0 atom stereocenters. The van der Waals surface area contributed by atoms with Gasteiger partial charge in [0.05, 0.1) is 20.7 Å². The van der Waals surface area contributed by atoms with Gasteiger partial charge in [0.1, 0.15) is 5.82 Å². The number of hydrogen-bond donors (Lipinski definition) is 1. The topological polar surface area (TPSA) is 63.2 Å². The van der Waals surface area contributed by atoms with Gasteiger partial charge in [-0.25, -0.2) is 12.8 Å². The zero-order valence-electron chi connectivity index (χ0n) is 15.5. The highest BCUT2D eigenvalue weighted by Gasteiger charge is 2.35. The number of halogens is 5. The summed E-state index contributed by atoms with van der Waals surface area (Å²) in [4.78, 5) is 11.9. The summed E-state index contributed by atoms with van der Waals surface area (Å²) in [6.45, 7) is 0. The van der Waals surface area contributed by atoms with Crippen molar-refractivity contribution < 1.29 is 30.8 Å². The van der Waals surface area contributed by atoms with Crippen LogP contribution >= 0.6 is 11.6 Å². The van der Waals surface area contributed by atoms with Crippen molar-refractivity contribution in [3.8, 4) is 0 Å². The second kappa shape index (κ2) is 8.55. The number of alkyl halides is 3. The van der Waals surface area contributed by atoms with E-state index >= 15 is 0 Å². The second-order valence-electron chi connectivity index (χ2n) is 7.15. The average molecular weight is 464 g/mol. The van der Waals surface area contributed by atoms with Gasteiger partial charge in [0, 0.05) is 11.6 Å². The van der Waals surface area contributed by atoms with Gasteiger partial charge in [0.2, 0.25) is 0 Å². The standard InChI is InChI=1S/C20H18ClF4NO3S/c21-17-9-4-12(10-18(17)22)19(27)26-14-5-7-15(8-6-14)30(28,29)16-3-1-2-13(11-16)20(23,24)25/h1-4,9-11,14-15H,5-8H2,(H,26,27)/t14-,15-. The van der Waals surface area contributed by atoms with Gasteiger partial charge in [0.25, 0.3) is 5.91 Å². The molecule has 0 spiro atoms. The lowest BCUT2D eigenvalue weighted by Gasteiger charge is -2.29. The van der Waals surface area contributed by atoms with E-state index in [2.05, 4.69) is 5.32 Å². The number of nitrogens with one attached hydrogen (secondary N) is 1. The molecule has 0 bridgehead atoms. The van der Waals surface area contributed by atoms with Crippen LogP contribution in [0.4, 0.5) is 17.6 Å². The van der Waals surface area contributed by atoms with Crippen molar-refractivity contribution in [2.24, 2.45) is 0 Å². The van der Waals surface area contributed by atoms with Crippen LogP contribution in [-0.4, -0.2) is 25.6 Å². The SMILES string of the molecule is O=C(N[C@H]1CC[C@H](S(=O)(=O)c2cccc(C(F)(F)F)c2)CC1)c1ccc(Cl)c(F)c1. The Bertz CT molecular complexity index is 1050. The Morgan fingerprint density at radius 3 is 2.30 bits per heavy atom. The third-order valence-corrected chi connectivity index (χ3v) is 7.69. The molecule has 0 aromatic heterocycles. The van der Waals surface area contributed by atoms with Gasteiger partial charge in [0.15, 0.2) is 9.84 Å². The van der Waals surface area contributed by atoms with Gasteiger partial charge < -0.3 is 5.32 Å². The van der Waals surface area contributed by atoms with Crippen LogP contribution in [0.25, 0.3) is 0 Å². The summed E-state index contributed by atoms with van der Waals surface area (Å²) in [5.74, 6) is -1.23. The first-order valence-electron chi connectivity index (χ1n) is 9.15. The number of hydrogen-bond acceptors (Lipinski definition) is 3. The molecule has 4 nitrogen and oxygen atoms in total. The summed E-state index contributed by atoms with van der Waals surface area (Å²) in [5.41, 5.74) is -0.921. The number of carbonyl (C=O) groups is 1. The van der Waals surface area contributed by atoms with E-state index in [0.29, 0.717) is 18.9 Å². The fraction of sp³-hybridized carbons (Fsp3) is 0.350. The van der Waals surface area contributed by atoms with Crippen molar-refractivity contribution >= 4 is 27.3 Å². The Labute approximate surface area is 176 Å². The fourth-order valence-corrected chi connectivity index (χ4v) is 5.42. The predicted octanol–water partition coefficient (Wildman–Crippen LogP) is 5.01. The minimum Gasteiger partial charge on any atom is -0.349 e. The Morgan fingerprint density at radius 2 is 1.70 bits per heavy atom. The minimum atomic E-state index is -4.63. The summed E-state index contributed by atoms with van der Waals surface area (Å²) in [6, 6.07) is 7.06. The van der Waals surface area contributed by atoms with Gasteiger partial charge in [-0.2, -0.15) is 13.2 Å². The number of amides is 1. The minimum absolute atomic E-state index is 0.0932. The molecular formula is C20H18ClF4NO3S. The van der Waals surface area contributed by atoms with Crippen LogP contribution < -0.4 is 5.32 Å². The second-order valence-corrected chi connectivity index (χ2v) is 9.78. The zero-order valence-corrected chi connectivity index (χ0v) is 17.1. The highest BCUT2D eigenvalue weighted by atomic mass is 35.5. The molecule has 3 rings (SSSR count). The summed E-state index contributed by atoms with van der Waals surface area (Å²) in [7, 11) is -3.94. The quantitative estimate of drug-likeness (QED) is 0.648. The van der Waals surface area contributed by atoms with Crippen LogP contribution in [0.15, 0.2) is 47.4 Å². The lowest BCUT2D eigenvalue weighted by atomic mass is 9.94. The maximum Gasteiger partial charge on any atom is 0.416 e. The lowest BCUT2D eigenvalue weighted by Crippen LogP contribution is -2.40. The van der Waals surface area contributed by atoms with Crippen LogP contribution in [0, 0.1) is 5.82 Å². The predicted molar refractivity (Wildman–Crippen MR) is 104 cm³/mol. The molecule has 1 aliphatic rings. The lowest BCUT2D eigenvalue weighted by molar-refractivity contribution is -0.137. The van der Waals surface area contributed by atoms with Crippen molar-refractivity contribution in [1.29, 1.82) is 0 Å². The fourth-order valence-electron chi connectivity index (χ4n) is 3.47.